The first-order chi connectivity index (χ1) is 23.0. The van der Waals surface area contributed by atoms with Gasteiger partial charge in [-0.1, -0.05) is 127 Å². The molecule has 0 fully saturated rings. The standard InChI is InChI=1S/C41H72O6/c1-3-5-7-9-11-13-15-17-19-21-23-25-27-29-31-33-39(44)46-37-41(35-42,36-43)38-47-40(45)34-32-30-28-26-24-22-20-18-16-14-12-10-8-6-4-2/h11-14,17-20,42-43H,3-10,15-16,21-38H2,1-2H3/b13-11-,14-12-,19-17-,20-18-. The van der Waals surface area contributed by atoms with E-state index >= 15 is 0 Å². The van der Waals surface area contributed by atoms with E-state index in [9.17, 15) is 19.8 Å². The number of unbranched alkanes of at least 4 members (excludes halogenated alkanes) is 16. The Hall–Kier alpha value is -2.18. The monoisotopic (exact) mass is 661 g/mol. The molecule has 6 heteroatoms. The second-order valence-electron chi connectivity index (χ2n) is 13.1. The van der Waals surface area contributed by atoms with Crippen LogP contribution in [0.2, 0.25) is 0 Å². The Kier molecular flexibility index (Phi) is 33.5. The summed E-state index contributed by atoms with van der Waals surface area (Å²) in [5, 5.41) is 19.8. The SMILES string of the molecule is CCCCC/C=C\C/C=C\CCCCCCCC(=O)OCC(CO)(CO)COC(=O)CCCCCCC/C=C\C/C=C\CCCCC. The van der Waals surface area contributed by atoms with Crippen molar-refractivity contribution in [2.24, 2.45) is 5.41 Å². The quantitative estimate of drug-likeness (QED) is 0.0405. The summed E-state index contributed by atoms with van der Waals surface area (Å²) in [4.78, 5) is 24.5. The second-order valence-corrected chi connectivity index (χ2v) is 13.1. The molecule has 0 radical (unpaired) electrons. The largest absolute Gasteiger partial charge is 0.465 e. The summed E-state index contributed by atoms with van der Waals surface area (Å²) in [6.45, 7) is 3.25. The van der Waals surface area contributed by atoms with E-state index in [0.29, 0.717) is 12.8 Å². The molecule has 0 bridgehead atoms. The Morgan fingerprint density at radius 2 is 0.787 bits per heavy atom. The average Bonchev–Trinajstić information content (AvgIpc) is 3.08. The highest BCUT2D eigenvalue weighted by Gasteiger charge is 2.32. The van der Waals surface area contributed by atoms with Crippen molar-refractivity contribution >= 4 is 11.9 Å². The van der Waals surface area contributed by atoms with Gasteiger partial charge >= 0.3 is 11.9 Å². The molecule has 0 aromatic heterocycles. The molecule has 0 saturated carbocycles. The number of esters is 2. The molecule has 0 amide bonds. The molecule has 0 atom stereocenters. The van der Waals surface area contributed by atoms with Crippen molar-refractivity contribution in [1.29, 1.82) is 0 Å². The molecule has 0 aromatic carbocycles. The van der Waals surface area contributed by atoms with Gasteiger partial charge in [0.1, 0.15) is 13.2 Å². The summed E-state index contributed by atoms with van der Waals surface area (Å²) < 4.78 is 10.7. The average molecular weight is 661 g/mol. The van der Waals surface area contributed by atoms with Crippen LogP contribution in [0.15, 0.2) is 48.6 Å². The Morgan fingerprint density at radius 3 is 1.13 bits per heavy atom. The maximum Gasteiger partial charge on any atom is 0.305 e. The van der Waals surface area contributed by atoms with Crippen LogP contribution in [0, 0.1) is 5.41 Å². The number of rotatable bonds is 34. The molecule has 272 valence electrons. The highest BCUT2D eigenvalue weighted by molar-refractivity contribution is 5.69. The molecule has 0 unspecified atom stereocenters. The number of carbonyl (C=O) groups is 2. The van der Waals surface area contributed by atoms with E-state index in [2.05, 4.69) is 62.5 Å². The molecule has 2 N–H and O–H groups in total. The van der Waals surface area contributed by atoms with Crippen LogP contribution in [-0.4, -0.2) is 48.6 Å². The lowest BCUT2D eigenvalue weighted by atomic mass is 9.92. The maximum atomic E-state index is 12.2. The first-order valence-corrected chi connectivity index (χ1v) is 19.2. The molecule has 0 saturated heterocycles. The zero-order valence-electron chi connectivity index (χ0n) is 30.4. The third kappa shape index (κ3) is 30.9. The molecule has 0 aliphatic heterocycles. The normalized spacial score (nSPS) is 12.3. The topological polar surface area (TPSA) is 93.1 Å². The number of aliphatic hydroxyl groups excluding tert-OH is 2. The fourth-order valence-electron chi connectivity index (χ4n) is 5.05. The number of allylic oxidation sites excluding steroid dienone is 8. The van der Waals surface area contributed by atoms with Gasteiger partial charge in [-0.2, -0.15) is 0 Å². The predicted octanol–water partition coefficient (Wildman–Crippen LogP) is 10.7. The highest BCUT2D eigenvalue weighted by atomic mass is 16.5. The minimum atomic E-state index is -1.18. The van der Waals surface area contributed by atoms with Gasteiger partial charge in [-0.25, -0.2) is 0 Å². The summed E-state index contributed by atoms with van der Waals surface area (Å²) in [6.07, 6.45) is 43.2. The van der Waals surface area contributed by atoms with E-state index < -0.39 is 18.6 Å². The van der Waals surface area contributed by atoms with Crippen LogP contribution in [0.4, 0.5) is 0 Å². The van der Waals surface area contributed by atoms with Crippen molar-refractivity contribution in [2.45, 2.75) is 168 Å². The van der Waals surface area contributed by atoms with E-state index in [0.717, 1.165) is 89.9 Å². The number of hydrogen-bond acceptors (Lipinski definition) is 6. The maximum absolute atomic E-state index is 12.2. The van der Waals surface area contributed by atoms with Gasteiger partial charge in [-0.15, -0.1) is 0 Å². The lowest BCUT2D eigenvalue weighted by Crippen LogP contribution is -2.41. The second kappa shape index (κ2) is 35.1. The van der Waals surface area contributed by atoms with Crippen molar-refractivity contribution in [3.63, 3.8) is 0 Å². The third-order valence-electron chi connectivity index (χ3n) is 8.41. The Balaban J connectivity index is 3.86. The van der Waals surface area contributed by atoms with Crippen LogP contribution < -0.4 is 0 Å². The van der Waals surface area contributed by atoms with Gasteiger partial charge in [0.15, 0.2) is 0 Å². The van der Waals surface area contributed by atoms with Crippen molar-refractivity contribution in [1.82, 2.24) is 0 Å². The fourth-order valence-corrected chi connectivity index (χ4v) is 5.05. The molecule has 0 spiro atoms. The van der Waals surface area contributed by atoms with Gasteiger partial charge in [-0.05, 0) is 77.0 Å². The van der Waals surface area contributed by atoms with E-state index in [1.807, 2.05) is 0 Å². The Bertz CT molecular complexity index is 760. The molecule has 0 rings (SSSR count). The molecule has 47 heavy (non-hydrogen) atoms. The minimum Gasteiger partial charge on any atom is -0.465 e. The van der Waals surface area contributed by atoms with Crippen LogP contribution in [0.5, 0.6) is 0 Å². The van der Waals surface area contributed by atoms with Crippen LogP contribution in [0.25, 0.3) is 0 Å². The number of carbonyl (C=O) groups excluding carboxylic acids is 2. The number of aliphatic hydroxyl groups is 2. The Labute approximate surface area is 289 Å². The zero-order chi connectivity index (χ0) is 34.5. The van der Waals surface area contributed by atoms with Gasteiger partial charge < -0.3 is 19.7 Å². The van der Waals surface area contributed by atoms with Gasteiger partial charge in [0.2, 0.25) is 0 Å². The van der Waals surface area contributed by atoms with Crippen molar-refractivity contribution < 1.29 is 29.3 Å². The summed E-state index contributed by atoms with van der Waals surface area (Å²) >= 11 is 0. The minimum absolute atomic E-state index is 0.171. The molecule has 6 nitrogen and oxygen atoms in total. The summed E-state index contributed by atoms with van der Waals surface area (Å²) in [6, 6.07) is 0. The van der Waals surface area contributed by atoms with Crippen molar-refractivity contribution in [2.75, 3.05) is 26.4 Å². The zero-order valence-corrected chi connectivity index (χ0v) is 30.4. The predicted molar refractivity (Wildman–Crippen MR) is 197 cm³/mol. The van der Waals surface area contributed by atoms with Gasteiger partial charge in [0, 0.05) is 12.8 Å². The molecule has 0 aromatic rings. The van der Waals surface area contributed by atoms with Gasteiger partial charge in [0.25, 0.3) is 0 Å². The summed E-state index contributed by atoms with van der Waals surface area (Å²) in [5.41, 5.74) is -1.18. The lowest BCUT2D eigenvalue weighted by Gasteiger charge is -2.28. The van der Waals surface area contributed by atoms with Gasteiger partial charge in [0.05, 0.1) is 18.6 Å². The van der Waals surface area contributed by atoms with Crippen LogP contribution >= 0.6 is 0 Å². The molecule has 0 aliphatic rings. The molecule has 0 aliphatic carbocycles. The molecular formula is C41H72O6. The van der Waals surface area contributed by atoms with E-state index in [-0.39, 0.29) is 25.2 Å². The lowest BCUT2D eigenvalue weighted by molar-refractivity contribution is -0.159. The highest BCUT2D eigenvalue weighted by Crippen LogP contribution is 2.19. The summed E-state index contributed by atoms with van der Waals surface area (Å²) in [5.74, 6) is -0.697. The fraction of sp³-hybridized carbons (Fsp3) is 0.756. The van der Waals surface area contributed by atoms with Crippen LogP contribution in [0.1, 0.15) is 168 Å². The summed E-state index contributed by atoms with van der Waals surface area (Å²) in [7, 11) is 0. The van der Waals surface area contributed by atoms with E-state index in [1.165, 1.54) is 51.4 Å². The molecular weight excluding hydrogens is 588 g/mol. The van der Waals surface area contributed by atoms with Gasteiger partial charge in [-0.3, -0.25) is 9.59 Å². The van der Waals surface area contributed by atoms with Crippen molar-refractivity contribution in [3.05, 3.63) is 48.6 Å². The Morgan fingerprint density at radius 1 is 0.468 bits per heavy atom. The first kappa shape index (κ1) is 44.8. The van der Waals surface area contributed by atoms with E-state index in [1.54, 1.807) is 0 Å². The molecule has 0 heterocycles. The van der Waals surface area contributed by atoms with Crippen LogP contribution in [0.3, 0.4) is 0 Å². The van der Waals surface area contributed by atoms with Crippen molar-refractivity contribution in [3.8, 4) is 0 Å². The van der Waals surface area contributed by atoms with Crippen LogP contribution in [-0.2, 0) is 19.1 Å². The first-order valence-electron chi connectivity index (χ1n) is 19.2. The number of hydrogen-bond donors (Lipinski definition) is 2. The van der Waals surface area contributed by atoms with E-state index in [4.69, 9.17) is 9.47 Å². The third-order valence-corrected chi connectivity index (χ3v) is 8.41. The number of ether oxygens (including phenoxy) is 2. The smallest absolute Gasteiger partial charge is 0.305 e.